The molecule has 21 heavy (non-hydrogen) atoms. The van der Waals surface area contributed by atoms with E-state index < -0.39 is 0 Å². The zero-order chi connectivity index (χ0) is 14.8. The Morgan fingerprint density at radius 3 is 2.81 bits per heavy atom. The van der Waals surface area contributed by atoms with Gasteiger partial charge in [-0.05, 0) is 17.7 Å². The summed E-state index contributed by atoms with van der Waals surface area (Å²) in [5.74, 6) is 0.459. The van der Waals surface area contributed by atoms with Gasteiger partial charge in [0.05, 0.1) is 17.8 Å². The predicted molar refractivity (Wildman–Crippen MR) is 77.8 cm³/mol. The Kier molecular flexibility index (Phi) is 3.12. The molecule has 2 aromatic heterocycles. The summed E-state index contributed by atoms with van der Waals surface area (Å²) in [5.41, 5.74) is 1.87. The maximum Gasteiger partial charge on any atom is 0.263 e. The molecule has 0 aliphatic carbocycles. The topological polar surface area (TPSA) is 101 Å². The highest BCUT2D eigenvalue weighted by molar-refractivity contribution is 5.73. The maximum absolute atomic E-state index is 11.9. The van der Waals surface area contributed by atoms with Crippen LogP contribution in [0.15, 0.2) is 35.3 Å². The molecule has 1 aromatic carbocycles. The van der Waals surface area contributed by atoms with Crippen molar-refractivity contribution in [2.45, 2.75) is 6.54 Å². The molecule has 0 amide bonds. The molecule has 0 spiro atoms. The molecule has 2 heterocycles. The number of hydrogen-bond donors (Lipinski definition) is 2. The molecular weight excluding hydrogens is 268 g/mol. The van der Waals surface area contributed by atoms with Gasteiger partial charge in [0, 0.05) is 13.6 Å². The molecule has 0 aliphatic rings. The van der Waals surface area contributed by atoms with E-state index in [1.54, 1.807) is 12.1 Å². The van der Waals surface area contributed by atoms with Crippen molar-refractivity contribution in [1.29, 1.82) is 5.26 Å². The Balaban J connectivity index is 1.87. The number of fused-ring (bicyclic) bond motifs is 1. The molecular formula is C14H12N6O. The number of nitriles is 1. The maximum atomic E-state index is 11.9. The van der Waals surface area contributed by atoms with Crippen LogP contribution in [0.4, 0.5) is 5.95 Å². The summed E-state index contributed by atoms with van der Waals surface area (Å²) >= 11 is 0. The number of aromatic nitrogens is 4. The number of H-pyrrole nitrogens is 2. The third-order valence-corrected chi connectivity index (χ3v) is 3.17. The van der Waals surface area contributed by atoms with Crippen LogP contribution in [-0.4, -0.2) is 27.2 Å². The predicted octanol–water partition coefficient (Wildman–Crippen LogP) is 1.15. The van der Waals surface area contributed by atoms with Gasteiger partial charge in [-0.1, -0.05) is 12.1 Å². The molecule has 0 atom stereocenters. The molecule has 0 unspecified atom stereocenters. The third-order valence-electron chi connectivity index (χ3n) is 3.17. The molecule has 0 saturated heterocycles. The Labute approximate surface area is 119 Å². The lowest BCUT2D eigenvalue weighted by Crippen LogP contribution is -2.22. The highest BCUT2D eigenvalue weighted by Gasteiger charge is 2.09. The van der Waals surface area contributed by atoms with Crippen LogP contribution in [0.3, 0.4) is 0 Å². The normalized spacial score (nSPS) is 10.5. The van der Waals surface area contributed by atoms with E-state index in [0.717, 1.165) is 5.56 Å². The molecule has 7 nitrogen and oxygen atoms in total. The summed E-state index contributed by atoms with van der Waals surface area (Å²) < 4.78 is 0. The molecule has 2 N–H and O–H groups in total. The fourth-order valence-electron chi connectivity index (χ4n) is 2.05. The van der Waals surface area contributed by atoms with E-state index >= 15 is 0 Å². The van der Waals surface area contributed by atoms with Crippen LogP contribution in [0.1, 0.15) is 11.1 Å². The van der Waals surface area contributed by atoms with Crippen molar-refractivity contribution >= 4 is 17.0 Å². The van der Waals surface area contributed by atoms with E-state index in [1.165, 1.54) is 6.20 Å². The van der Waals surface area contributed by atoms with Crippen molar-refractivity contribution in [3.05, 3.63) is 51.9 Å². The van der Waals surface area contributed by atoms with Gasteiger partial charge in [-0.3, -0.25) is 14.9 Å². The summed E-state index contributed by atoms with van der Waals surface area (Å²) in [6.45, 7) is 0.564. The zero-order valence-electron chi connectivity index (χ0n) is 11.3. The first-order valence-corrected chi connectivity index (χ1v) is 6.31. The second-order valence-electron chi connectivity index (χ2n) is 4.69. The number of aromatic amines is 2. The fourth-order valence-corrected chi connectivity index (χ4v) is 2.05. The second-order valence-corrected chi connectivity index (χ2v) is 4.69. The molecule has 0 saturated carbocycles. The molecule has 0 fully saturated rings. The lowest BCUT2D eigenvalue weighted by atomic mass is 10.1. The molecule has 3 rings (SSSR count). The van der Waals surface area contributed by atoms with Crippen molar-refractivity contribution in [2.24, 2.45) is 0 Å². The third kappa shape index (κ3) is 2.47. The Bertz CT molecular complexity index is 871. The van der Waals surface area contributed by atoms with Crippen LogP contribution in [0.25, 0.3) is 11.0 Å². The number of rotatable bonds is 3. The number of hydrogen-bond acceptors (Lipinski definition) is 5. The van der Waals surface area contributed by atoms with E-state index in [2.05, 4.69) is 26.2 Å². The number of benzene rings is 1. The number of anilines is 1. The van der Waals surface area contributed by atoms with E-state index in [0.29, 0.717) is 29.1 Å². The fraction of sp³-hybridized carbons (Fsp3) is 0.143. The van der Waals surface area contributed by atoms with E-state index in [-0.39, 0.29) is 5.56 Å². The van der Waals surface area contributed by atoms with Crippen molar-refractivity contribution in [3.63, 3.8) is 0 Å². The first kappa shape index (κ1) is 12.9. The molecule has 104 valence electrons. The summed E-state index contributed by atoms with van der Waals surface area (Å²) in [6.07, 6.45) is 1.45. The molecule has 0 radical (unpaired) electrons. The van der Waals surface area contributed by atoms with Crippen molar-refractivity contribution in [2.75, 3.05) is 11.9 Å². The highest BCUT2D eigenvalue weighted by atomic mass is 16.1. The lowest BCUT2D eigenvalue weighted by molar-refractivity contribution is 0.866. The van der Waals surface area contributed by atoms with Crippen LogP contribution in [0, 0.1) is 11.3 Å². The van der Waals surface area contributed by atoms with Crippen molar-refractivity contribution < 1.29 is 0 Å². The summed E-state index contributed by atoms with van der Waals surface area (Å²) in [5, 5.41) is 15.7. The average Bonchev–Trinajstić information content (AvgIpc) is 2.97. The van der Waals surface area contributed by atoms with Crippen LogP contribution in [0.2, 0.25) is 0 Å². The van der Waals surface area contributed by atoms with E-state index in [1.807, 2.05) is 24.1 Å². The number of nitrogens with one attached hydrogen (secondary N) is 2. The van der Waals surface area contributed by atoms with Gasteiger partial charge in [0.1, 0.15) is 5.39 Å². The van der Waals surface area contributed by atoms with Crippen LogP contribution >= 0.6 is 0 Å². The van der Waals surface area contributed by atoms with Crippen LogP contribution in [0.5, 0.6) is 0 Å². The summed E-state index contributed by atoms with van der Waals surface area (Å²) in [6, 6.07) is 9.36. The first-order chi connectivity index (χ1) is 10.2. The Morgan fingerprint density at radius 2 is 2.10 bits per heavy atom. The van der Waals surface area contributed by atoms with Gasteiger partial charge in [0.2, 0.25) is 5.95 Å². The van der Waals surface area contributed by atoms with Gasteiger partial charge in [0.15, 0.2) is 5.65 Å². The van der Waals surface area contributed by atoms with Gasteiger partial charge >= 0.3 is 0 Å². The first-order valence-electron chi connectivity index (χ1n) is 6.31. The monoisotopic (exact) mass is 280 g/mol. The van der Waals surface area contributed by atoms with Gasteiger partial charge < -0.3 is 4.90 Å². The smallest absolute Gasteiger partial charge is 0.263 e. The molecule has 7 heteroatoms. The van der Waals surface area contributed by atoms with Crippen LogP contribution in [-0.2, 0) is 6.54 Å². The molecule has 0 bridgehead atoms. The van der Waals surface area contributed by atoms with E-state index in [9.17, 15) is 4.79 Å². The Morgan fingerprint density at radius 1 is 1.33 bits per heavy atom. The Hall–Kier alpha value is -3.14. The standard InChI is InChI=1S/C14H12N6O/c1-20(8-10-4-2-9(6-15)3-5-10)14-17-12-11(7-16-19-12)13(21)18-14/h2-5,7H,8H2,1H3,(H2,16,17,18,19,21). The summed E-state index contributed by atoms with van der Waals surface area (Å²) in [7, 11) is 1.83. The number of nitrogens with zero attached hydrogens (tertiary/aromatic N) is 4. The van der Waals surface area contributed by atoms with Gasteiger partial charge in [-0.15, -0.1) is 0 Å². The van der Waals surface area contributed by atoms with Gasteiger partial charge in [-0.2, -0.15) is 15.3 Å². The lowest BCUT2D eigenvalue weighted by Gasteiger charge is -2.17. The van der Waals surface area contributed by atoms with Crippen molar-refractivity contribution in [1.82, 2.24) is 20.2 Å². The highest BCUT2D eigenvalue weighted by Crippen LogP contribution is 2.12. The second kappa shape index (κ2) is 5.09. The molecule has 0 aliphatic heterocycles. The minimum atomic E-state index is -0.226. The zero-order valence-corrected chi connectivity index (χ0v) is 11.3. The van der Waals surface area contributed by atoms with Gasteiger partial charge in [-0.25, -0.2) is 0 Å². The minimum absolute atomic E-state index is 0.226. The molecule has 3 aromatic rings. The SMILES string of the molecule is CN(Cc1ccc(C#N)cc1)c1nc2[nH]ncc2c(=O)[nH]1. The van der Waals surface area contributed by atoms with Crippen molar-refractivity contribution in [3.8, 4) is 6.07 Å². The van der Waals surface area contributed by atoms with Crippen LogP contribution < -0.4 is 10.5 Å². The van der Waals surface area contributed by atoms with E-state index in [4.69, 9.17) is 5.26 Å². The minimum Gasteiger partial charge on any atom is -0.341 e. The van der Waals surface area contributed by atoms with Gasteiger partial charge in [0.25, 0.3) is 5.56 Å². The largest absolute Gasteiger partial charge is 0.341 e. The quantitative estimate of drug-likeness (QED) is 0.749. The summed E-state index contributed by atoms with van der Waals surface area (Å²) in [4.78, 5) is 20.8. The average molecular weight is 280 g/mol.